The molecular weight excluding hydrogens is 262 g/mol. The lowest BCUT2D eigenvalue weighted by molar-refractivity contribution is 0.180. The molecule has 0 spiro atoms. The smallest absolute Gasteiger partial charge is 0.0834 e. The quantitative estimate of drug-likeness (QED) is 0.836. The Kier molecular flexibility index (Phi) is 6.30. The van der Waals surface area contributed by atoms with Gasteiger partial charge in [0.2, 0.25) is 0 Å². The normalized spacial score (nSPS) is 13.8. The molecule has 19 heavy (non-hydrogen) atoms. The first-order valence-electron chi connectivity index (χ1n) is 6.82. The van der Waals surface area contributed by atoms with E-state index in [0.717, 1.165) is 30.2 Å². The van der Waals surface area contributed by atoms with Crippen molar-refractivity contribution >= 4 is 11.6 Å². The third-order valence-corrected chi connectivity index (χ3v) is 3.23. The van der Waals surface area contributed by atoms with Crippen molar-refractivity contribution in [2.75, 3.05) is 20.3 Å². The Bertz CT molecular complexity index is 385. The van der Waals surface area contributed by atoms with Crippen molar-refractivity contribution in [3.05, 3.63) is 16.9 Å². The molecule has 0 aliphatic heterocycles. The molecule has 1 N–H and O–H groups in total. The van der Waals surface area contributed by atoms with Crippen LogP contribution in [0.2, 0.25) is 5.02 Å². The largest absolute Gasteiger partial charge is 0.383 e. The Labute approximate surface area is 121 Å². The number of halogens is 1. The first kappa shape index (κ1) is 16.5. The molecule has 0 bridgehead atoms. The summed E-state index contributed by atoms with van der Waals surface area (Å²) in [6, 6.07) is 0.219. The van der Waals surface area contributed by atoms with E-state index in [1.807, 2.05) is 4.68 Å². The molecule has 1 unspecified atom stereocenters. The molecule has 0 aromatic carbocycles. The molecule has 0 amide bonds. The number of methoxy groups -OCH3 is 1. The molecule has 0 saturated carbocycles. The monoisotopic (exact) mass is 287 g/mol. The first-order valence-corrected chi connectivity index (χ1v) is 7.20. The van der Waals surface area contributed by atoms with Crippen molar-refractivity contribution in [2.45, 2.75) is 46.7 Å². The summed E-state index contributed by atoms with van der Waals surface area (Å²) >= 11 is 6.32. The van der Waals surface area contributed by atoms with Crippen LogP contribution < -0.4 is 5.32 Å². The lowest BCUT2D eigenvalue weighted by Crippen LogP contribution is -2.28. The van der Waals surface area contributed by atoms with E-state index in [1.54, 1.807) is 13.3 Å². The van der Waals surface area contributed by atoms with E-state index in [1.165, 1.54) is 0 Å². The van der Waals surface area contributed by atoms with Gasteiger partial charge in [0, 0.05) is 7.11 Å². The zero-order valence-corrected chi connectivity index (χ0v) is 13.4. The summed E-state index contributed by atoms with van der Waals surface area (Å²) in [6.45, 7) is 11.1. The number of hydrogen-bond donors (Lipinski definition) is 1. The highest BCUT2D eigenvalue weighted by Gasteiger charge is 2.24. The van der Waals surface area contributed by atoms with E-state index in [4.69, 9.17) is 16.3 Å². The van der Waals surface area contributed by atoms with Crippen molar-refractivity contribution < 1.29 is 4.74 Å². The Hall–Kier alpha value is -0.580. The molecule has 1 atom stereocenters. The van der Waals surface area contributed by atoms with Crippen LogP contribution >= 0.6 is 11.6 Å². The molecular formula is C14H26ClN3O. The summed E-state index contributed by atoms with van der Waals surface area (Å²) in [5, 5.41) is 8.59. The van der Waals surface area contributed by atoms with Gasteiger partial charge in [-0.2, -0.15) is 5.10 Å². The van der Waals surface area contributed by atoms with Gasteiger partial charge in [0.1, 0.15) is 0 Å². The fourth-order valence-corrected chi connectivity index (χ4v) is 2.47. The predicted octanol–water partition coefficient (Wildman–Crippen LogP) is 3.27. The van der Waals surface area contributed by atoms with Gasteiger partial charge < -0.3 is 10.1 Å². The highest BCUT2D eigenvalue weighted by molar-refractivity contribution is 6.31. The van der Waals surface area contributed by atoms with Gasteiger partial charge in [-0.15, -0.1) is 0 Å². The van der Waals surface area contributed by atoms with Crippen molar-refractivity contribution in [1.29, 1.82) is 0 Å². The summed E-state index contributed by atoms with van der Waals surface area (Å²) in [6.07, 6.45) is 2.73. The number of nitrogens with one attached hydrogen (secondary N) is 1. The van der Waals surface area contributed by atoms with E-state index in [0.29, 0.717) is 6.61 Å². The van der Waals surface area contributed by atoms with E-state index >= 15 is 0 Å². The maximum Gasteiger partial charge on any atom is 0.0834 e. The molecule has 1 heterocycles. The second-order valence-electron chi connectivity index (χ2n) is 5.97. The number of rotatable bonds is 7. The summed E-state index contributed by atoms with van der Waals surface area (Å²) in [5.74, 6) is 0. The van der Waals surface area contributed by atoms with Crippen LogP contribution in [-0.4, -0.2) is 30.0 Å². The van der Waals surface area contributed by atoms with Crippen molar-refractivity contribution in [3.63, 3.8) is 0 Å². The van der Waals surface area contributed by atoms with Crippen molar-refractivity contribution in [1.82, 2.24) is 15.1 Å². The topological polar surface area (TPSA) is 39.1 Å². The van der Waals surface area contributed by atoms with Crippen LogP contribution in [0.1, 0.15) is 45.9 Å². The molecule has 0 aliphatic rings. The van der Waals surface area contributed by atoms with Crippen LogP contribution in [0.4, 0.5) is 0 Å². The average Bonchev–Trinajstić information content (AvgIpc) is 2.65. The Morgan fingerprint density at radius 2 is 2.16 bits per heavy atom. The summed E-state index contributed by atoms with van der Waals surface area (Å²) in [5.41, 5.74) is 1.29. The minimum Gasteiger partial charge on any atom is -0.383 e. The average molecular weight is 288 g/mol. The third-order valence-electron chi connectivity index (χ3n) is 2.94. The third kappa shape index (κ3) is 5.13. The van der Waals surface area contributed by atoms with Gasteiger partial charge in [-0.1, -0.05) is 39.3 Å². The van der Waals surface area contributed by atoms with Gasteiger partial charge in [0.25, 0.3) is 0 Å². The zero-order valence-electron chi connectivity index (χ0n) is 12.7. The van der Waals surface area contributed by atoms with Crippen LogP contribution in [-0.2, 0) is 11.3 Å². The Morgan fingerprint density at radius 1 is 1.47 bits per heavy atom. The molecule has 5 heteroatoms. The van der Waals surface area contributed by atoms with Gasteiger partial charge >= 0.3 is 0 Å². The van der Waals surface area contributed by atoms with E-state index in [9.17, 15) is 0 Å². The molecule has 4 nitrogen and oxygen atoms in total. The molecule has 0 aliphatic carbocycles. The van der Waals surface area contributed by atoms with Gasteiger partial charge in [0.15, 0.2) is 0 Å². The number of hydrogen-bond acceptors (Lipinski definition) is 3. The summed E-state index contributed by atoms with van der Waals surface area (Å²) in [7, 11) is 1.70. The Morgan fingerprint density at radius 3 is 2.68 bits per heavy atom. The number of aromatic nitrogens is 2. The fourth-order valence-electron chi connectivity index (χ4n) is 2.20. The molecule has 0 radical (unpaired) electrons. The molecule has 110 valence electrons. The van der Waals surface area contributed by atoms with Gasteiger partial charge in [-0.05, 0) is 18.4 Å². The molecule has 1 aromatic rings. The minimum absolute atomic E-state index is 0.219. The molecule has 1 aromatic heterocycles. The van der Waals surface area contributed by atoms with Crippen molar-refractivity contribution in [2.24, 2.45) is 5.41 Å². The van der Waals surface area contributed by atoms with Crippen molar-refractivity contribution in [3.8, 4) is 0 Å². The number of ether oxygens (including phenoxy) is 1. The van der Waals surface area contributed by atoms with E-state index < -0.39 is 0 Å². The molecule has 0 fully saturated rings. The molecule has 0 saturated heterocycles. The SMILES string of the molecule is CCNC(CC(C)(C)C)c1c(Cl)cnn1CCOC. The highest BCUT2D eigenvalue weighted by atomic mass is 35.5. The highest BCUT2D eigenvalue weighted by Crippen LogP contribution is 2.32. The maximum atomic E-state index is 6.32. The van der Waals surface area contributed by atoms with E-state index in [-0.39, 0.29) is 11.5 Å². The van der Waals surface area contributed by atoms with Crippen LogP contribution in [0.3, 0.4) is 0 Å². The van der Waals surface area contributed by atoms with E-state index in [2.05, 4.69) is 38.1 Å². The van der Waals surface area contributed by atoms with Crippen LogP contribution in [0, 0.1) is 5.41 Å². The second-order valence-corrected chi connectivity index (χ2v) is 6.38. The zero-order chi connectivity index (χ0) is 14.5. The standard InChI is InChI=1S/C14H26ClN3O/c1-6-16-12(9-14(2,3)4)13-11(15)10-17-18(13)7-8-19-5/h10,12,16H,6-9H2,1-5H3. The van der Waals surface area contributed by atoms with Gasteiger partial charge in [-0.3, -0.25) is 4.68 Å². The predicted molar refractivity (Wildman–Crippen MR) is 79.6 cm³/mol. The molecule has 1 rings (SSSR count). The lowest BCUT2D eigenvalue weighted by Gasteiger charge is -2.27. The van der Waals surface area contributed by atoms with Gasteiger partial charge in [-0.25, -0.2) is 0 Å². The lowest BCUT2D eigenvalue weighted by atomic mass is 9.87. The van der Waals surface area contributed by atoms with Gasteiger partial charge in [0.05, 0.1) is 36.1 Å². The van der Waals surface area contributed by atoms with Crippen LogP contribution in [0.15, 0.2) is 6.20 Å². The summed E-state index contributed by atoms with van der Waals surface area (Å²) in [4.78, 5) is 0. The second kappa shape index (κ2) is 7.27. The maximum absolute atomic E-state index is 6.32. The minimum atomic E-state index is 0.219. The number of nitrogens with zero attached hydrogens (tertiary/aromatic N) is 2. The fraction of sp³-hybridized carbons (Fsp3) is 0.786. The van der Waals surface area contributed by atoms with Crippen LogP contribution in [0.5, 0.6) is 0 Å². The Balaban J connectivity index is 2.96. The summed E-state index contributed by atoms with van der Waals surface area (Å²) < 4.78 is 7.08. The first-order chi connectivity index (χ1) is 8.89. The van der Waals surface area contributed by atoms with Crippen LogP contribution in [0.25, 0.3) is 0 Å².